The van der Waals surface area contributed by atoms with Gasteiger partial charge in [0.1, 0.15) is 0 Å². The molecule has 0 aliphatic heterocycles. The minimum atomic E-state index is 0.796. The SMILES string of the molecule is COCCNCCCCSc1cnn(C)c1. The average Bonchev–Trinajstić information content (AvgIpc) is 2.68. The van der Waals surface area contributed by atoms with Crippen LogP contribution in [0.2, 0.25) is 0 Å². The van der Waals surface area contributed by atoms with E-state index in [0.29, 0.717) is 0 Å². The summed E-state index contributed by atoms with van der Waals surface area (Å²) in [5.74, 6) is 1.16. The fraction of sp³-hybridized carbons (Fsp3) is 0.727. The van der Waals surface area contributed by atoms with Gasteiger partial charge in [-0.1, -0.05) is 0 Å². The lowest BCUT2D eigenvalue weighted by Gasteiger charge is -2.03. The Morgan fingerprint density at radius 2 is 2.31 bits per heavy atom. The van der Waals surface area contributed by atoms with E-state index < -0.39 is 0 Å². The number of nitrogens with one attached hydrogen (secondary N) is 1. The maximum absolute atomic E-state index is 4.95. The quantitative estimate of drug-likeness (QED) is 0.527. The van der Waals surface area contributed by atoms with Gasteiger partial charge in [-0.05, 0) is 25.1 Å². The summed E-state index contributed by atoms with van der Waals surface area (Å²) in [6.07, 6.45) is 6.43. The second-order valence-electron chi connectivity index (χ2n) is 3.65. The standard InChI is InChI=1S/C11H21N3OS/c1-14-10-11(9-13-14)16-8-4-3-5-12-6-7-15-2/h9-10,12H,3-8H2,1-2H3. The summed E-state index contributed by atoms with van der Waals surface area (Å²) in [7, 11) is 3.68. The highest BCUT2D eigenvalue weighted by Crippen LogP contribution is 2.17. The lowest BCUT2D eigenvalue weighted by molar-refractivity contribution is 0.199. The number of aromatic nitrogens is 2. The predicted molar refractivity (Wildman–Crippen MR) is 67.9 cm³/mol. The lowest BCUT2D eigenvalue weighted by Crippen LogP contribution is -2.20. The van der Waals surface area contributed by atoms with Gasteiger partial charge in [0.25, 0.3) is 0 Å². The van der Waals surface area contributed by atoms with Crippen LogP contribution in [0.4, 0.5) is 0 Å². The Labute approximate surface area is 102 Å². The van der Waals surface area contributed by atoms with Gasteiger partial charge >= 0.3 is 0 Å². The summed E-state index contributed by atoms with van der Waals surface area (Å²) in [5, 5.41) is 7.47. The van der Waals surface area contributed by atoms with Crippen LogP contribution < -0.4 is 5.32 Å². The molecule has 0 radical (unpaired) electrons. The summed E-state index contributed by atoms with van der Waals surface area (Å²) >= 11 is 1.87. The summed E-state index contributed by atoms with van der Waals surface area (Å²) in [6.45, 7) is 2.83. The first-order valence-electron chi connectivity index (χ1n) is 5.64. The van der Waals surface area contributed by atoms with Crippen LogP contribution in [0.25, 0.3) is 0 Å². The lowest BCUT2D eigenvalue weighted by atomic mass is 10.3. The van der Waals surface area contributed by atoms with E-state index >= 15 is 0 Å². The van der Waals surface area contributed by atoms with Crippen molar-refractivity contribution in [2.45, 2.75) is 17.7 Å². The number of methoxy groups -OCH3 is 1. The highest BCUT2D eigenvalue weighted by atomic mass is 32.2. The molecule has 0 aliphatic carbocycles. The van der Waals surface area contributed by atoms with E-state index in [0.717, 1.165) is 25.4 Å². The van der Waals surface area contributed by atoms with E-state index in [1.165, 1.54) is 17.7 Å². The molecule has 0 aliphatic rings. The summed E-state index contributed by atoms with van der Waals surface area (Å²) in [6, 6.07) is 0. The summed E-state index contributed by atoms with van der Waals surface area (Å²) in [5.41, 5.74) is 0. The second-order valence-corrected chi connectivity index (χ2v) is 4.82. The fourth-order valence-corrected chi connectivity index (χ4v) is 2.25. The molecule has 0 fully saturated rings. The first kappa shape index (κ1) is 13.5. The molecule has 4 nitrogen and oxygen atoms in total. The van der Waals surface area contributed by atoms with Crippen molar-refractivity contribution in [2.75, 3.05) is 32.6 Å². The van der Waals surface area contributed by atoms with Gasteiger partial charge in [0.2, 0.25) is 0 Å². The molecule has 0 saturated carbocycles. The molecule has 0 unspecified atom stereocenters. The minimum Gasteiger partial charge on any atom is -0.383 e. The minimum absolute atomic E-state index is 0.796. The Hall–Kier alpha value is -0.520. The average molecular weight is 243 g/mol. The van der Waals surface area contributed by atoms with Crippen molar-refractivity contribution in [3.05, 3.63) is 12.4 Å². The van der Waals surface area contributed by atoms with Gasteiger partial charge in [0.05, 0.1) is 12.8 Å². The highest BCUT2D eigenvalue weighted by Gasteiger charge is 1.96. The highest BCUT2D eigenvalue weighted by molar-refractivity contribution is 7.99. The first-order valence-corrected chi connectivity index (χ1v) is 6.62. The molecule has 0 aromatic carbocycles. The molecule has 0 bridgehead atoms. The van der Waals surface area contributed by atoms with E-state index in [1.54, 1.807) is 7.11 Å². The van der Waals surface area contributed by atoms with Crippen LogP contribution in [-0.2, 0) is 11.8 Å². The molecule has 1 aromatic heterocycles. The van der Waals surface area contributed by atoms with Crippen molar-refractivity contribution in [3.8, 4) is 0 Å². The zero-order chi connectivity index (χ0) is 11.6. The van der Waals surface area contributed by atoms with Gasteiger partial charge in [0, 0.05) is 31.8 Å². The summed E-state index contributed by atoms with van der Waals surface area (Å²) < 4.78 is 6.80. The molecule has 1 aromatic rings. The third-order valence-electron chi connectivity index (χ3n) is 2.18. The Kier molecular flexibility index (Phi) is 7.29. The van der Waals surface area contributed by atoms with Crippen LogP contribution in [0.15, 0.2) is 17.3 Å². The van der Waals surface area contributed by atoms with E-state index in [2.05, 4.69) is 16.6 Å². The van der Waals surface area contributed by atoms with Crippen molar-refractivity contribution in [3.63, 3.8) is 0 Å². The molecule has 92 valence electrons. The molecule has 1 N–H and O–H groups in total. The zero-order valence-corrected chi connectivity index (χ0v) is 10.9. The fourth-order valence-electron chi connectivity index (χ4n) is 1.31. The molecule has 16 heavy (non-hydrogen) atoms. The monoisotopic (exact) mass is 243 g/mol. The van der Waals surface area contributed by atoms with E-state index in [1.807, 2.05) is 29.7 Å². The van der Waals surface area contributed by atoms with E-state index in [4.69, 9.17) is 4.74 Å². The zero-order valence-electron chi connectivity index (χ0n) is 10.1. The molecule has 1 heterocycles. The van der Waals surface area contributed by atoms with Crippen LogP contribution >= 0.6 is 11.8 Å². The molecular weight excluding hydrogens is 222 g/mol. The van der Waals surface area contributed by atoms with Crippen LogP contribution in [-0.4, -0.2) is 42.3 Å². The third kappa shape index (κ3) is 6.15. The van der Waals surface area contributed by atoms with Crippen molar-refractivity contribution in [2.24, 2.45) is 7.05 Å². The van der Waals surface area contributed by atoms with Crippen molar-refractivity contribution in [1.29, 1.82) is 0 Å². The smallest absolute Gasteiger partial charge is 0.0625 e. The number of thioether (sulfide) groups is 1. The normalized spacial score (nSPS) is 10.9. The van der Waals surface area contributed by atoms with Gasteiger partial charge in [0.15, 0.2) is 0 Å². The van der Waals surface area contributed by atoms with Gasteiger partial charge in [-0.15, -0.1) is 11.8 Å². The number of hydrogen-bond acceptors (Lipinski definition) is 4. The Morgan fingerprint density at radius 3 is 3.00 bits per heavy atom. The second kappa shape index (κ2) is 8.61. The van der Waals surface area contributed by atoms with Crippen LogP contribution in [0.3, 0.4) is 0 Å². The summed E-state index contributed by atoms with van der Waals surface area (Å²) in [4.78, 5) is 1.26. The first-order chi connectivity index (χ1) is 7.83. The van der Waals surface area contributed by atoms with Crippen molar-refractivity contribution in [1.82, 2.24) is 15.1 Å². The van der Waals surface area contributed by atoms with Crippen molar-refractivity contribution >= 4 is 11.8 Å². The van der Waals surface area contributed by atoms with Gasteiger partial charge in [-0.3, -0.25) is 4.68 Å². The number of hydrogen-bond donors (Lipinski definition) is 1. The number of aryl methyl sites for hydroxylation is 1. The van der Waals surface area contributed by atoms with E-state index in [-0.39, 0.29) is 0 Å². The number of unbranched alkanes of at least 4 members (excludes halogenated alkanes) is 1. The maximum Gasteiger partial charge on any atom is 0.0625 e. The molecule has 0 spiro atoms. The van der Waals surface area contributed by atoms with E-state index in [9.17, 15) is 0 Å². The number of ether oxygens (including phenoxy) is 1. The van der Waals surface area contributed by atoms with Crippen LogP contribution in [0.5, 0.6) is 0 Å². The van der Waals surface area contributed by atoms with Crippen LogP contribution in [0.1, 0.15) is 12.8 Å². The maximum atomic E-state index is 4.95. The van der Waals surface area contributed by atoms with Gasteiger partial charge in [-0.25, -0.2) is 0 Å². The van der Waals surface area contributed by atoms with Crippen molar-refractivity contribution < 1.29 is 4.74 Å². The van der Waals surface area contributed by atoms with Gasteiger partial charge in [-0.2, -0.15) is 5.10 Å². The third-order valence-corrected chi connectivity index (χ3v) is 3.22. The molecule has 5 heteroatoms. The predicted octanol–water partition coefficient (Wildman–Crippen LogP) is 1.53. The molecule has 0 atom stereocenters. The Balaban J connectivity index is 1.88. The number of nitrogens with zero attached hydrogens (tertiary/aromatic N) is 2. The molecular formula is C11H21N3OS. The van der Waals surface area contributed by atoms with Crippen LogP contribution in [0, 0.1) is 0 Å². The topological polar surface area (TPSA) is 39.1 Å². The molecule has 0 saturated heterocycles. The van der Waals surface area contributed by atoms with Gasteiger partial charge < -0.3 is 10.1 Å². The largest absolute Gasteiger partial charge is 0.383 e. The number of rotatable bonds is 9. The molecule has 1 rings (SSSR count). The molecule has 0 amide bonds. The Morgan fingerprint density at radius 1 is 1.44 bits per heavy atom. The Bertz CT molecular complexity index is 278.